The SMILES string of the molecule is COc1cc2c(cc1OC)[C@@H](c1c(O)n(-c3ccccc3OC)c(=O)[nH]c1=O)NCC2. The zero-order chi connectivity index (χ0) is 22.1. The van der Waals surface area contributed by atoms with Crippen LogP contribution in [0.1, 0.15) is 22.7 Å². The Labute approximate surface area is 177 Å². The molecule has 9 nitrogen and oxygen atoms in total. The normalized spacial score (nSPS) is 15.3. The van der Waals surface area contributed by atoms with Crippen LogP contribution in [0.2, 0.25) is 0 Å². The van der Waals surface area contributed by atoms with Crippen LogP contribution in [0.5, 0.6) is 23.1 Å². The lowest BCUT2D eigenvalue weighted by molar-refractivity contribution is 0.352. The number of nitrogens with zero attached hydrogens (tertiary/aromatic N) is 1. The molecule has 9 heteroatoms. The van der Waals surface area contributed by atoms with Gasteiger partial charge in [-0.3, -0.25) is 9.78 Å². The maximum absolute atomic E-state index is 12.8. The molecule has 0 saturated heterocycles. The number of methoxy groups -OCH3 is 3. The van der Waals surface area contributed by atoms with Crippen molar-refractivity contribution in [3.05, 3.63) is 73.9 Å². The Kier molecular flexibility index (Phi) is 5.43. The molecule has 4 rings (SSSR count). The molecule has 162 valence electrons. The van der Waals surface area contributed by atoms with Gasteiger partial charge in [0.1, 0.15) is 5.75 Å². The molecule has 3 aromatic rings. The molecule has 0 fully saturated rings. The molecule has 0 saturated carbocycles. The molecule has 0 spiro atoms. The molecule has 1 aliphatic rings. The van der Waals surface area contributed by atoms with Gasteiger partial charge in [-0.05, 0) is 41.8 Å². The zero-order valence-electron chi connectivity index (χ0n) is 17.4. The van der Waals surface area contributed by atoms with Gasteiger partial charge in [0.05, 0.1) is 38.6 Å². The van der Waals surface area contributed by atoms with E-state index in [1.54, 1.807) is 37.4 Å². The fourth-order valence-electron chi connectivity index (χ4n) is 3.98. The van der Waals surface area contributed by atoms with E-state index in [4.69, 9.17) is 14.2 Å². The minimum Gasteiger partial charge on any atom is -0.495 e. The first-order valence-electron chi connectivity index (χ1n) is 9.69. The largest absolute Gasteiger partial charge is 0.495 e. The maximum Gasteiger partial charge on any atom is 0.335 e. The fourth-order valence-corrected chi connectivity index (χ4v) is 3.98. The van der Waals surface area contributed by atoms with Crippen molar-refractivity contribution >= 4 is 0 Å². The molecular formula is C22H23N3O6. The highest BCUT2D eigenvalue weighted by atomic mass is 16.5. The number of hydrogen-bond acceptors (Lipinski definition) is 7. The van der Waals surface area contributed by atoms with Crippen LogP contribution < -0.4 is 30.8 Å². The van der Waals surface area contributed by atoms with E-state index in [2.05, 4.69) is 10.3 Å². The highest BCUT2D eigenvalue weighted by Gasteiger charge is 2.30. The Morgan fingerprint density at radius 1 is 1.00 bits per heavy atom. The van der Waals surface area contributed by atoms with E-state index in [0.717, 1.165) is 15.7 Å². The third-order valence-corrected chi connectivity index (χ3v) is 5.43. The minimum atomic E-state index is -0.765. The summed E-state index contributed by atoms with van der Waals surface area (Å²) in [6.45, 7) is 0.569. The van der Waals surface area contributed by atoms with Crippen molar-refractivity contribution < 1.29 is 19.3 Å². The predicted octanol–water partition coefficient (Wildman–Crippen LogP) is 1.49. The summed E-state index contributed by atoms with van der Waals surface area (Å²) in [6.07, 6.45) is 0.705. The second-order valence-electron chi connectivity index (χ2n) is 7.05. The maximum atomic E-state index is 12.8. The quantitative estimate of drug-likeness (QED) is 0.567. The average molecular weight is 425 g/mol. The van der Waals surface area contributed by atoms with Crippen LogP contribution >= 0.6 is 0 Å². The van der Waals surface area contributed by atoms with Gasteiger partial charge in [-0.15, -0.1) is 0 Å². The van der Waals surface area contributed by atoms with Crippen LogP contribution in [-0.4, -0.2) is 42.5 Å². The molecule has 31 heavy (non-hydrogen) atoms. The van der Waals surface area contributed by atoms with E-state index in [-0.39, 0.29) is 5.56 Å². The molecule has 2 aromatic carbocycles. The Bertz CT molecular complexity index is 1250. The summed E-state index contributed by atoms with van der Waals surface area (Å²) >= 11 is 0. The summed E-state index contributed by atoms with van der Waals surface area (Å²) in [4.78, 5) is 27.8. The number of hydrogen-bond donors (Lipinski definition) is 3. The van der Waals surface area contributed by atoms with Gasteiger partial charge in [-0.2, -0.15) is 0 Å². The lowest BCUT2D eigenvalue weighted by atomic mass is 9.90. The molecule has 1 aromatic heterocycles. The summed E-state index contributed by atoms with van der Waals surface area (Å²) in [5.74, 6) is 1.00. The number of para-hydroxylation sites is 2. The second kappa shape index (κ2) is 8.19. The Hall–Kier alpha value is -3.72. The van der Waals surface area contributed by atoms with E-state index < -0.39 is 23.2 Å². The standard InChI is InChI=1S/C22H23N3O6/c1-29-15-7-5-4-6-14(15)25-21(27)18(20(26)24-22(25)28)19-13-11-17(31-3)16(30-2)10-12(13)8-9-23-19/h4-7,10-11,19,23,27H,8-9H2,1-3H3,(H,24,26,28)/t19-/m0/s1. The van der Waals surface area contributed by atoms with Crippen molar-refractivity contribution in [1.82, 2.24) is 14.9 Å². The number of nitrogens with one attached hydrogen (secondary N) is 2. The van der Waals surface area contributed by atoms with Crippen LogP contribution in [0.25, 0.3) is 5.69 Å². The lowest BCUT2D eigenvalue weighted by Crippen LogP contribution is -2.38. The highest BCUT2D eigenvalue weighted by molar-refractivity contribution is 5.54. The van der Waals surface area contributed by atoms with Gasteiger partial charge in [-0.25, -0.2) is 9.36 Å². The monoisotopic (exact) mass is 425 g/mol. The number of fused-ring (bicyclic) bond motifs is 1. The van der Waals surface area contributed by atoms with Crippen molar-refractivity contribution in [2.24, 2.45) is 0 Å². The first-order valence-corrected chi connectivity index (χ1v) is 9.69. The molecule has 0 bridgehead atoms. The molecule has 0 unspecified atom stereocenters. The summed E-state index contributed by atoms with van der Waals surface area (Å²) in [5.41, 5.74) is 0.616. The third kappa shape index (κ3) is 3.42. The van der Waals surface area contributed by atoms with Crippen molar-refractivity contribution in [3.63, 3.8) is 0 Å². The van der Waals surface area contributed by atoms with Crippen LogP contribution in [0, 0.1) is 0 Å². The van der Waals surface area contributed by atoms with Crippen LogP contribution in [-0.2, 0) is 6.42 Å². The number of ether oxygens (including phenoxy) is 3. The van der Waals surface area contributed by atoms with E-state index >= 15 is 0 Å². The number of aromatic amines is 1. The van der Waals surface area contributed by atoms with Crippen LogP contribution in [0.15, 0.2) is 46.0 Å². The Morgan fingerprint density at radius 2 is 1.68 bits per heavy atom. The smallest absolute Gasteiger partial charge is 0.335 e. The van der Waals surface area contributed by atoms with Gasteiger partial charge in [0.2, 0.25) is 5.88 Å². The zero-order valence-corrected chi connectivity index (χ0v) is 17.4. The summed E-state index contributed by atoms with van der Waals surface area (Å²) < 4.78 is 17.2. The van der Waals surface area contributed by atoms with Crippen molar-refractivity contribution in [3.8, 4) is 28.8 Å². The summed E-state index contributed by atoms with van der Waals surface area (Å²) in [5, 5.41) is 14.4. The summed E-state index contributed by atoms with van der Waals surface area (Å²) in [6, 6.07) is 9.73. The molecule has 0 radical (unpaired) electrons. The van der Waals surface area contributed by atoms with E-state index in [9.17, 15) is 14.7 Å². The summed E-state index contributed by atoms with van der Waals surface area (Å²) in [7, 11) is 4.55. The minimum absolute atomic E-state index is 0.0266. The van der Waals surface area contributed by atoms with Gasteiger partial charge in [0.15, 0.2) is 11.5 Å². The van der Waals surface area contributed by atoms with Crippen molar-refractivity contribution in [2.75, 3.05) is 27.9 Å². The molecule has 0 aliphatic carbocycles. The molecule has 0 amide bonds. The average Bonchev–Trinajstić information content (AvgIpc) is 2.78. The van der Waals surface area contributed by atoms with Crippen molar-refractivity contribution in [1.29, 1.82) is 0 Å². The topological polar surface area (TPSA) is 115 Å². The first-order chi connectivity index (χ1) is 15.0. The van der Waals surface area contributed by atoms with Crippen LogP contribution in [0.4, 0.5) is 0 Å². The van der Waals surface area contributed by atoms with Gasteiger partial charge in [0.25, 0.3) is 5.56 Å². The fraction of sp³-hybridized carbons (Fsp3) is 0.273. The van der Waals surface area contributed by atoms with Crippen molar-refractivity contribution in [2.45, 2.75) is 12.5 Å². The Morgan fingerprint density at radius 3 is 2.39 bits per heavy atom. The van der Waals surface area contributed by atoms with Gasteiger partial charge in [-0.1, -0.05) is 12.1 Å². The number of aromatic nitrogens is 2. The van der Waals surface area contributed by atoms with Gasteiger partial charge >= 0.3 is 5.69 Å². The molecule has 1 aliphatic heterocycles. The number of H-pyrrole nitrogens is 1. The van der Waals surface area contributed by atoms with E-state index in [1.807, 2.05) is 6.07 Å². The number of rotatable bonds is 5. The first kappa shape index (κ1) is 20.5. The molecule has 2 heterocycles. The van der Waals surface area contributed by atoms with Gasteiger partial charge < -0.3 is 24.6 Å². The highest BCUT2D eigenvalue weighted by Crippen LogP contribution is 2.38. The van der Waals surface area contributed by atoms with Gasteiger partial charge in [0, 0.05) is 6.54 Å². The predicted molar refractivity (Wildman–Crippen MR) is 114 cm³/mol. The van der Waals surface area contributed by atoms with E-state index in [1.165, 1.54) is 14.2 Å². The molecular weight excluding hydrogens is 402 g/mol. The molecule has 3 N–H and O–H groups in total. The Balaban J connectivity index is 1.95. The molecule has 1 atom stereocenters. The third-order valence-electron chi connectivity index (χ3n) is 5.43. The number of aromatic hydroxyl groups is 1. The van der Waals surface area contributed by atoms with Crippen LogP contribution in [0.3, 0.4) is 0 Å². The lowest BCUT2D eigenvalue weighted by Gasteiger charge is -2.28. The second-order valence-corrected chi connectivity index (χ2v) is 7.05. The van der Waals surface area contributed by atoms with E-state index in [0.29, 0.717) is 35.9 Å². The number of benzene rings is 2.